The van der Waals surface area contributed by atoms with Crippen molar-refractivity contribution in [1.82, 2.24) is 9.80 Å². The van der Waals surface area contributed by atoms with Gasteiger partial charge in [0.25, 0.3) is 0 Å². The highest BCUT2D eigenvalue weighted by Gasteiger charge is 2.59. The molecule has 0 spiro atoms. The van der Waals surface area contributed by atoms with Crippen molar-refractivity contribution in [2.45, 2.75) is 72.1 Å². The molecule has 4 rings (SSSR count). The minimum Gasteiger partial charge on any atom is -0.394 e. The van der Waals surface area contributed by atoms with Crippen molar-refractivity contribution < 1.29 is 9.68 Å². The summed E-state index contributed by atoms with van der Waals surface area (Å²) in [7, 11) is 8.29. The minimum absolute atomic E-state index is 0.337. The average molecular weight is 487 g/mol. The number of hydrogen-bond donors (Lipinski definition) is 0. The van der Waals surface area contributed by atoms with E-state index < -0.39 is 0 Å². The Morgan fingerprint density at radius 3 is 2.34 bits per heavy atom. The quantitative estimate of drug-likeness (QED) is 0.247. The summed E-state index contributed by atoms with van der Waals surface area (Å²) in [5.41, 5.74) is 4.73. The highest BCUT2D eigenvalue weighted by atomic mass is 16.6. The van der Waals surface area contributed by atoms with Crippen molar-refractivity contribution >= 4 is 11.4 Å². The van der Waals surface area contributed by atoms with Gasteiger partial charge in [0.05, 0.1) is 11.4 Å². The van der Waals surface area contributed by atoms with Crippen molar-refractivity contribution in [3.8, 4) is 0 Å². The predicted molar refractivity (Wildman–Crippen MR) is 145 cm³/mol. The van der Waals surface area contributed by atoms with E-state index in [4.69, 9.17) is 9.68 Å². The van der Waals surface area contributed by atoms with Crippen LogP contribution in [0.1, 0.15) is 72.1 Å². The standard InChI is InChI=1S/C29H50N4O2/c1-21(30-34-18-16-32(4)5)25-10-11-26-24-9-8-22-20-23(31-35-19-17-33(6)7)12-14-28(22,2)27(24)13-15-29(25,26)3/h20,24-27H,8-19H2,1-7H3/b30-21+,31-23+/t24-,25+,26-,27-,28-,29+/m0/s1. The number of hydrogen-bond acceptors (Lipinski definition) is 6. The van der Waals surface area contributed by atoms with E-state index in [0.717, 1.165) is 43.0 Å². The maximum Gasteiger partial charge on any atom is 0.129 e. The third kappa shape index (κ3) is 5.49. The fraction of sp³-hybridized carbons (Fsp3) is 0.862. The molecule has 6 heteroatoms. The molecular weight excluding hydrogens is 436 g/mol. The molecule has 0 bridgehead atoms. The van der Waals surface area contributed by atoms with Gasteiger partial charge in [0.2, 0.25) is 0 Å². The number of fused-ring (bicyclic) bond motifs is 5. The van der Waals surface area contributed by atoms with Gasteiger partial charge in [-0.25, -0.2) is 0 Å². The molecule has 4 aliphatic rings. The Hall–Kier alpha value is -1.40. The van der Waals surface area contributed by atoms with Gasteiger partial charge in [-0.15, -0.1) is 0 Å². The first-order chi connectivity index (χ1) is 16.6. The van der Waals surface area contributed by atoms with Gasteiger partial charge in [-0.3, -0.25) is 0 Å². The van der Waals surface area contributed by atoms with E-state index in [-0.39, 0.29) is 0 Å². The van der Waals surface area contributed by atoms with E-state index in [2.05, 4.69) is 75.1 Å². The first kappa shape index (κ1) is 26.7. The van der Waals surface area contributed by atoms with Crippen molar-refractivity contribution in [2.24, 2.45) is 44.8 Å². The molecule has 0 heterocycles. The second kappa shape index (κ2) is 10.9. The van der Waals surface area contributed by atoms with Crippen LogP contribution in [0.25, 0.3) is 0 Å². The third-order valence-electron chi connectivity index (χ3n) is 10.1. The first-order valence-corrected chi connectivity index (χ1v) is 14.0. The van der Waals surface area contributed by atoms with Crippen molar-refractivity contribution in [3.63, 3.8) is 0 Å². The van der Waals surface area contributed by atoms with Crippen LogP contribution in [0.5, 0.6) is 0 Å². The molecule has 0 N–H and O–H groups in total. The molecule has 0 aliphatic heterocycles. The zero-order chi connectivity index (χ0) is 25.2. The van der Waals surface area contributed by atoms with Crippen LogP contribution in [0.2, 0.25) is 0 Å². The zero-order valence-electron chi connectivity index (χ0n) is 23.5. The van der Waals surface area contributed by atoms with Gasteiger partial charge < -0.3 is 19.5 Å². The third-order valence-corrected chi connectivity index (χ3v) is 10.1. The van der Waals surface area contributed by atoms with Crippen LogP contribution in [0, 0.1) is 34.5 Å². The maximum atomic E-state index is 5.71. The molecule has 6 atom stereocenters. The summed E-state index contributed by atoms with van der Waals surface area (Å²) in [6.07, 6.45) is 12.5. The van der Waals surface area contributed by atoms with Gasteiger partial charge in [-0.2, -0.15) is 0 Å². The van der Waals surface area contributed by atoms with E-state index in [1.54, 1.807) is 5.57 Å². The average Bonchev–Trinajstić information content (AvgIpc) is 3.16. The second-order valence-corrected chi connectivity index (χ2v) is 12.8. The number of rotatable bonds is 9. The Labute approximate surface area is 214 Å². The number of likely N-dealkylation sites (N-methyl/N-ethyl adjacent to an activating group) is 2. The number of oxime groups is 2. The topological polar surface area (TPSA) is 49.7 Å². The van der Waals surface area contributed by atoms with Crippen LogP contribution in [-0.4, -0.2) is 75.7 Å². The lowest BCUT2D eigenvalue weighted by Crippen LogP contribution is -2.51. The summed E-state index contributed by atoms with van der Waals surface area (Å²) in [6.45, 7) is 10.5. The van der Waals surface area contributed by atoms with Gasteiger partial charge in [-0.05, 0) is 121 Å². The SMILES string of the molecule is C/C(=N\OCCN(C)C)[C@H]1CC[C@H]2[C@@H]3CCC4=C/C(=N/OCCN(C)C)CC[C@]4(C)[C@H]3CC[C@]12C. The molecule has 0 saturated heterocycles. The fourth-order valence-electron chi connectivity index (χ4n) is 8.12. The summed E-state index contributed by atoms with van der Waals surface area (Å²) in [5.74, 6) is 3.05. The lowest BCUT2D eigenvalue weighted by molar-refractivity contribution is -0.0412. The molecule has 3 saturated carbocycles. The number of allylic oxidation sites excluding steroid dienone is 2. The lowest BCUT2D eigenvalue weighted by Gasteiger charge is -2.58. The highest BCUT2D eigenvalue weighted by Crippen LogP contribution is 2.66. The molecule has 0 amide bonds. The van der Waals surface area contributed by atoms with Gasteiger partial charge in [0, 0.05) is 19.0 Å². The molecule has 0 aromatic heterocycles. The lowest BCUT2D eigenvalue weighted by atomic mass is 9.46. The summed E-state index contributed by atoms with van der Waals surface area (Å²) < 4.78 is 0. The van der Waals surface area contributed by atoms with E-state index in [1.807, 2.05) is 0 Å². The van der Waals surface area contributed by atoms with E-state index >= 15 is 0 Å². The summed E-state index contributed by atoms with van der Waals surface area (Å²) >= 11 is 0. The van der Waals surface area contributed by atoms with Crippen molar-refractivity contribution in [1.29, 1.82) is 0 Å². The molecule has 0 unspecified atom stereocenters. The van der Waals surface area contributed by atoms with Crippen LogP contribution in [0.3, 0.4) is 0 Å². The first-order valence-electron chi connectivity index (χ1n) is 14.0. The normalized spacial score (nSPS) is 38.3. The van der Waals surface area contributed by atoms with Gasteiger partial charge in [-0.1, -0.05) is 29.7 Å². The minimum atomic E-state index is 0.337. The molecule has 3 fully saturated rings. The van der Waals surface area contributed by atoms with Crippen LogP contribution >= 0.6 is 0 Å². The van der Waals surface area contributed by atoms with E-state index in [9.17, 15) is 0 Å². The van der Waals surface area contributed by atoms with Crippen LogP contribution < -0.4 is 0 Å². The molecule has 4 aliphatic carbocycles. The molecule has 0 aromatic rings. The molecule has 6 nitrogen and oxygen atoms in total. The van der Waals surface area contributed by atoms with Crippen molar-refractivity contribution in [3.05, 3.63) is 11.6 Å². The van der Waals surface area contributed by atoms with Crippen LogP contribution in [-0.2, 0) is 9.68 Å². The molecular formula is C29H50N4O2. The molecule has 0 aromatic carbocycles. The molecule has 0 radical (unpaired) electrons. The smallest absolute Gasteiger partial charge is 0.129 e. The van der Waals surface area contributed by atoms with Crippen LogP contribution in [0.15, 0.2) is 22.0 Å². The summed E-state index contributed by atoms with van der Waals surface area (Å²) in [5, 5.41) is 9.10. The van der Waals surface area contributed by atoms with Crippen LogP contribution in [0.4, 0.5) is 0 Å². The Kier molecular flexibility index (Phi) is 8.32. The highest BCUT2D eigenvalue weighted by molar-refractivity contribution is 5.96. The Morgan fingerprint density at radius 1 is 0.914 bits per heavy atom. The fourth-order valence-corrected chi connectivity index (χ4v) is 8.12. The molecule has 35 heavy (non-hydrogen) atoms. The van der Waals surface area contributed by atoms with E-state index in [1.165, 1.54) is 50.7 Å². The summed E-state index contributed by atoms with van der Waals surface area (Å²) in [4.78, 5) is 15.6. The zero-order valence-corrected chi connectivity index (χ0v) is 23.5. The van der Waals surface area contributed by atoms with E-state index in [0.29, 0.717) is 30.0 Å². The van der Waals surface area contributed by atoms with Gasteiger partial charge >= 0.3 is 0 Å². The Balaban J connectivity index is 1.42. The monoisotopic (exact) mass is 486 g/mol. The second-order valence-electron chi connectivity index (χ2n) is 12.8. The molecule has 198 valence electrons. The van der Waals surface area contributed by atoms with Gasteiger partial charge in [0.1, 0.15) is 13.2 Å². The van der Waals surface area contributed by atoms with Crippen molar-refractivity contribution in [2.75, 3.05) is 54.5 Å². The Bertz CT molecular complexity index is 835. The largest absolute Gasteiger partial charge is 0.394 e. The van der Waals surface area contributed by atoms with Gasteiger partial charge in [0.15, 0.2) is 0 Å². The Morgan fingerprint density at radius 2 is 1.63 bits per heavy atom. The number of nitrogens with zero attached hydrogens (tertiary/aromatic N) is 4. The summed E-state index contributed by atoms with van der Waals surface area (Å²) in [6, 6.07) is 0. The predicted octanol–water partition coefficient (Wildman–Crippen LogP) is 5.45. The maximum absolute atomic E-state index is 5.71.